The van der Waals surface area contributed by atoms with Gasteiger partial charge in [0.15, 0.2) is 0 Å². The largest absolute Gasteiger partial charge is 0.399 e. The molecule has 0 bridgehead atoms. The van der Waals surface area contributed by atoms with Gasteiger partial charge in [-0.25, -0.2) is 0 Å². The second-order valence-corrected chi connectivity index (χ2v) is 7.43. The van der Waals surface area contributed by atoms with Gasteiger partial charge in [-0.1, -0.05) is 64.7 Å². The van der Waals surface area contributed by atoms with Crippen molar-refractivity contribution >= 4 is 22.7 Å². The summed E-state index contributed by atoms with van der Waals surface area (Å²) in [6.07, 6.45) is 13.8. The van der Waals surface area contributed by atoms with Gasteiger partial charge in [0.1, 0.15) is 0 Å². The fourth-order valence-electron chi connectivity index (χ4n) is 3.25. The van der Waals surface area contributed by atoms with Crippen molar-refractivity contribution in [3.05, 3.63) is 48.5 Å². The van der Waals surface area contributed by atoms with Crippen LogP contribution in [-0.4, -0.2) is 6.54 Å². The summed E-state index contributed by atoms with van der Waals surface area (Å²) in [6, 6.07) is 16.3. The summed E-state index contributed by atoms with van der Waals surface area (Å²) < 4.78 is 0. The Kier molecular flexibility index (Phi) is 10.2. The van der Waals surface area contributed by atoms with Crippen molar-refractivity contribution in [2.24, 2.45) is 0 Å². The molecule has 3 nitrogen and oxygen atoms in total. The Morgan fingerprint density at radius 3 is 1.59 bits per heavy atom. The van der Waals surface area contributed by atoms with Crippen LogP contribution < -0.4 is 16.4 Å². The van der Waals surface area contributed by atoms with Crippen LogP contribution in [0.15, 0.2) is 48.5 Å². The van der Waals surface area contributed by atoms with E-state index in [0.717, 1.165) is 23.6 Å². The lowest BCUT2D eigenvalue weighted by molar-refractivity contribution is 0.560. The van der Waals surface area contributed by atoms with Crippen LogP contribution in [0.1, 0.15) is 71.1 Å². The van der Waals surface area contributed by atoms with Gasteiger partial charge >= 0.3 is 0 Å². The minimum atomic E-state index is 0.784. The van der Waals surface area contributed by atoms with Crippen LogP contribution in [0.4, 0.5) is 22.7 Å². The van der Waals surface area contributed by atoms with Crippen LogP contribution >= 0.6 is 0 Å². The molecule has 0 aliphatic heterocycles. The molecule has 0 saturated heterocycles. The number of nitrogens with one attached hydrogen (secondary N) is 2. The van der Waals surface area contributed by atoms with Gasteiger partial charge in [0.2, 0.25) is 0 Å². The molecule has 4 N–H and O–H groups in total. The van der Waals surface area contributed by atoms with Crippen LogP contribution in [0.2, 0.25) is 0 Å². The van der Waals surface area contributed by atoms with E-state index in [9.17, 15) is 0 Å². The van der Waals surface area contributed by atoms with Crippen LogP contribution in [0.3, 0.4) is 0 Å². The van der Waals surface area contributed by atoms with E-state index in [2.05, 4.69) is 41.8 Å². The summed E-state index contributed by atoms with van der Waals surface area (Å²) in [6.45, 7) is 3.34. The zero-order valence-corrected chi connectivity index (χ0v) is 17.0. The third-order valence-electron chi connectivity index (χ3n) is 4.94. The highest BCUT2D eigenvalue weighted by Gasteiger charge is 1.97. The van der Waals surface area contributed by atoms with Crippen molar-refractivity contribution in [2.45, 2.75) is 71.1 Å². The third kappa shape index (κ3) is 9.37. The first kappa shape index (κ1) is 21.1. The van der Waals surface area contributed by atoms with E-state index in [1.54, 1.807) is 0 Å². The number of unbranched alkanes of at least 4 members (excludes halogenated alkanes) is 9. The van der Waals surface area contributed by atoms with Crippen molar-refractivity contribution in [1.82, 2.24) is 0 Å². The average Bonchev–Trinajstić information content (AvgIpc) is 2.69. The lowest BCUT2D eigenvalue weighted by atomic mass is 10.1. The minimum absolute atomic E-state index is 0.784. The highest BCUT2D eigenvalue weighted by molar-refractivity contribution is 5.63. The van der Waals surface area contributed by atoms with Gasteiger partial charge in [-0.3, -0.25) is 0 Å². The first-order valence-electron chi connectivity index (χ1n) is 10.7. The topological polar surface area (TPSA) is 50.1 Å². The van der Waals surface area contributed by atoms with Gasteiger partial charge in [-0.05, 0) is 55.0 Å². The SMILES string of the molecule is CCCCCCCCCCCCNc1ccc(Nc2ccc(N)cc2)cc1. The summed E-state index contributed by atoms with van der Waals surface area (Å²) in [5, 5.41) is 6.91. The van der Waals surface area contributed by atoms with Crippen LogP contribution in [0.5, 0.6) is 0 Å². The highest BCUT2D eigenvalue weighted by Crippen LogP contribution is 2.20. The molecule has 2 aromatic carbocycles. The Hall–Kier alpha value is -2.16. The second kappa shape index (κ2) is 13.1. The molecular weight excluding hydrogens is 330 g/mol. The number of hydrogen-bond donors (Lipinski definition) is 3. The van der Waals surface area contributed by atoms with Gasteiger partial charge in [-0.15, -0.1) is 0 Å². The number of anilines is 4. The maximum absolute atomic E-state index is 5.72. The van der Waals surface area contributed by atoms with Crippen molar-refractivity contribution < 1.29 is 0 Å². The van der Waals surface area contributed by atoms with Crippen molar-refractivity contribution in [2.75, 3.05) is 22.9 Å². The predicted molar refractivity (Wildman–Crippen MR) is 121 cm³/mol. The lowest BCUT2D eigenvalue weighted by Gasteiger charge is -2.09. The van der Waals surface area contributed by atoms with E-state index in [4.69, 9.17) is 5.73 Å². The maximum Gasteiger partial charge on any atom is 0.0385 e. The summed E-state index contributed by atoms with van der Waals surface area (Å²) in [7, 11) is 0. The first-order chi connectivity index (χ1) is 13.3. The molecule has 0 aliphatic rings. The van der Waals surface area contributed by atoms with E-state index in [1.807, 2.05) is 24.3 Å². The van der Waals surface area contributed by atoms with Gasteiger partial charge in [0.25, 0.3) is 0 Å². The molecule has 0 radical (unpaired) electrons. The molecule has 2 aromatic rings. The molecule has 0 unspecified atom stereocenters. The van der Waals surface area contributed by atoms with Crippen molar-refractivity contribution in [3.8, 4) is 0 Å². The fraction of sp³-hybridized carbons (Fsp3) is 0.500. The number of rotatable bonds is 14. The average molecular weight is 368 g/mol. The highest BCUT2D eigenvalue weighted by atomic mass is 14.9. The molecule has 2 rings (SSSR count). The van der Waals surface area contributed by atoms with E-state index in [0.29, 0.717) is 0 Å². The van der Waals surface area contributed by atoms with E-state index in [1.165, 1.54) is 69.9 Å². The minimum Gasteiger partial charge on any atom is -0.399 e. The molecule has 0 fully saturated rings. The van der Waals surface area contributed by atoms with Gasteiger partial charge in [0, 0.05) is 29.3 Å². The fourth-order valence-corrected chi connectivity index (χ4v) is 3.25. The van der Waals surface area contributed by atoms with Gasteiger partial charge in [0.05, 0.1) is 0 Å². The Labute approximate surface area is 165 Å². The molecule has 0 aromatic heterocycles. The monoisotopic (exact) mass is 367 g/mol. The summed E-state index contributed by atoms with van der Waals surface area (Å²) >= 11 is 0. The Balaban J connectivity index is 1.52. The van der Waals surface area contributed by atoms with Gasteiger partial charge < -0.3 is 16.4 Å². The quantitative estimate of drug-likeness (QED) is 0.242. The number of hydrogen-bond acceptors (Lipinski definition) is 3. The Morgan fingerprint density at radius 1 is 0.593 bits per heavy atom. The summed E-state index contributed by atoms with van der Waals surface area (Å²) in [4.78, 5) is 0. The first-order valence-corrected chi connectivity index (χ1v) is 10.7. The summed E-state index contributed by atoms with van der Waals surface area (Å²) in [5.41, 5.74) is 9.83. The standard InChI is InChI=1S/C24H37N3/c1-2-3-4-5-6-7-8-9-10-11-20-26-22-16-18-24(19-17-22)27-23-14-12-21(25)13-15-23/h12-19,26-27H,2-11,20,25H2,1H3. The number of nitrogen functional groups attached to an aromatic ring is 1. The van der Waals surface area contributed by atoms with Crippen molar-refractivity contribution in [1.29, 1.82) is 0 Å². The third-order valence-corrected chi connectivity index (χ3v) is 4.94. The molecule has 0 heterocycles. The molecule has 0 amide bonds. The molecule has 148 valence electrons. The zero-order valence-electron chi connectivity index (χ0n) is 17.0. The molecule has 0 aliphatic carbocycles. The second-order valence-electron chi connectivity index (χ2n) is 7.43. The smallest absolute Gasteiger partial charge is 0.0385 e. The van der Waals surface area contributed by atoms with E-state index < -0.39 is 0 Å². The Bertz CT molecular complexity index is 605. The van der Waals surface area contributed by atoms with Gasteiger partial charge in [-0.2, -0.15) is 0 Å². The lowest BCUT2D eigenvalue weighted by Crippen LogP contribution is -2.01. The number of nitrogens with two attached hydrogens (primary N) is 1. The molecule has 27 heavy (non-hydrogen) atoms. The van der Waals surface area contributed by atoms with Crippen LogP contribution in [0, 0.1) is 0 Å². The molecule has 0 atom stereocenters. The molecule has 3 heteroatoms. The maximum atomic E-state index is 5.72. The van der Waals surface area contributed by atoms with Crippen LogP contribution in [-0.2, 0) is 0 Å². The zero-order chi connectivity index (χ0) is 19.2. The van der Waals surface area contributed by atoms with E-state index >= 15 is 0 Å². The molecule has 0 saturated carbocycles. The Morgan fingerprint density at radius 2 is 1.04 bits per heavy atom. The molecular formula is C24H37N3. The predicted octanol–water partition coefficient (Wildman–Crippen LogP) is 7.35. The molecule has 0 spiro atoms. The van der Waals surface area contributed by atoms with E-state index in [-0.39, 0.29) is 0 Å². The van der Waals surface area contributed by atoms with Crippen molar-refractivity contribution in [3.63, 3.8) is 0 Å². The summed E-state index contributed by atoms with van der Waals surface area (Å²) in [5.74, 6) is 0. The number of benzene rings is 2. The van der Waals surface area contributed by atoms with Crippen LogP contribution in [0.25, 0.3) is 0 Å². The normalized spacial score (nSPS) is 10.7.